The second-order valence-corrected chi connectivity index (χ2v) is 5.76. The van der Waals surface area contributed by atoms with Crippen LogP contribution in [0, 0.1) is 13.8 Å². The number of halogens is 2. The van der Waals surface area contributed by atoms with Crippen molar-refractivity contribution in [2.45, 2.75) is 13.8 Å². The third kappa shape index (κ3) is 1.64. The number of aryl methyl sites for hydroxylation is 1. The van der Waals surface area contributed by atoms with Gasteiger partial charge in [0.1, 0.15) is 0 Å². The van der Waals surface area contributed by atoms with E-state index in [4.69, 9.17) is 0 Å². The Morgan fingerprint density at radius 2 is 1.93 bits per heavy atom. The van der Waals surface area contributed by atoms with Gasteiger partial charge in [0, 0.05) is 0 Å². The highest BCUT2D eigenvalue weighted by molar-refractivity contribution is 9.11. The first-order chi connectivity index (χ1) is 6.59. The van der Waals surface area contributed by atoms with Crippen LogP contribution in [0.15, 0.2) is 8.39 Å². The fourth-order valence-electron chi connectivity index (χ4n) is 1.09. The minimum absolute atomic E-state index is 0.760. The standard InChI is InChI=1S/C7H6Br2N4S/c1-3-5(8)4(2)13(12-3)7-11-10-6(9)14-7/h1-2H3. The Morgan fingerprint density at radius 1 is 1.21 bits per heavy atom. The molecule has 0 bridgehead atoms. The van der Waals surface area contributed by atoms with E-state index in [0.717, 1.165) is 24.9 Å². The van der Waals surface area contributed by atoms with Gasteiger partial charge in [0.2, 0.25) is 5.13 Å². The molecular weight excluding hydrogens is 332 g/mol. The third-order valence-corrected chi connectivity index (χ3v) is 4.25. The van der Waals surface area contributed by atoms with Gasteiger partial charge in [-0.3, -0.25) is 0 Å². The highest BCUT2D eigenvalue weighted by Crippen LogP contribution is 2.25. The van der Waals surface area contributed by atoms with Gasteiger partial charge in [0.25, 0.3) is 0 Å². The number of hydrogen-bond acceptors (Lipinski definition) is 4. The molecule has 0 aliphatic heterocycles. The maximum Gasteiger partial charge on any atom is 0.233 e. The van der Waals surface area contributed by atoms with Gasteiger partial charge in [-0.15, -0.1) is 10.2 Å². The summed E-state index contributed by atoms with van der Waals surface area (Å²) in [5, 5.41) is 13.0. The molecule has 0 aromatic carbocycles. The first-order valence-electron chi connectivity index (χ1n) is 3.80. The molecule has 0 spiro atoms. The molecule has 74 valence electrons. The van der Waals surface area contributed by atoms with Crippen LogP contribution in [0.3, 0.4) is 0 Å². The van der Waals surface area contributed by atoms with Gasteiger partial charge in [0.05, 0.1) is 15.9 Å². The molecule has 2 aromatic heterocycles. The summed E-state index contributed by atoms with van der Waals surface area (Å²) in [7, 11) is 0. The van der Waals surface area contributed by atoms with Crippen molar-refractivity contribution in [2.75, 3.05) is 0 Å². The summed E-state index contributed by atoms with van der Waals surface area (Å²) >= 11 is 8.19. The van der Waals surface area contributed by atoms with Gasteiger partial charge < -0.3 is 0 Å². The number of aromatic nitrogens is 4. The molecule has 2 rings (SSSR count). The van der Waals surface area contributed by atoms with Gasteiger partial charge in [-0.2, -0.15) is 5.10 Å². The molecule has 0 aliphatic rings. The molecule has 0 saturated carbocycles. The third-order valence-electron chi connectivity index (χ3n) is 1.77. The van der Waals surface area contributed by atoms with Crippen LogP contribution in [0.25, 0.3) is 5.13 Å². The molecule has 0 N–H and O–H groups in total. The van der Waals surface area contributed by atoms with Crippen LogP contribution in [0.2, 0.25) is 0 Å². The van der Waals surface area contributed by atoms with Crippen molar-refractivity contribution < 1.29 is 0 Å². The normalized spacial score (nSPS) is 10.9. The van der Waals surface area contributed by atoms with Crippen molar-refractivity contribution in [3.05, 3.63) is 19.8 Å². The Kier molecular flexibility index (Phi) is 2.72. The van der Waals surface area contributed by atoms with Crippen molar-refractivity contribution in [2.24, 2.45) is 0 Å². The molecule has 2 aromatic rings. The van der Waals surface area contributed by atoms with Crippen molar-refractivity contribution in [3.8, 4) is 5.13 Å². The van der Waals surface area contributed by atoms with Crippen LogP contribution in [0.1, 0.15) is 11.4 Å². The first-order valence-corrected chi connectivity index (χ1v) is 6.21. The molecular formula is C7H6Br2N4S. The first kappa shape index (κ1) is 10.3. The molecule has 4 nitrogen and oxygen atoms in total. The number of nitrogens with zero attached hydrogens (tertiary/aromatic N) is 4. The van der Waals surface area contributed by atoms with E-state index in [-0.39, 0.29) is 0 Å². The lowest BCUT2D eigenvalue weighted by Crippen LogP contribution is -1.98. The smallest absolute Gasteiger partial charge is 0.208 e. The maximum absolute atomic E-state index is 4.35. The van der Waals surface area contributed by atoms with Gasteiger partial charge in [-0.05, 0) is 45.7 Å². The van der Waals surface area contributed by atoms with Crippen LogP contribution < -0.4 is 0 Å². The monoisotopic (exact) mass is 336 g/mol. The average molecular weight is 338 g/mol. The molecule has 0 atom stereocenters. The molecule has 2 heterocycles. The molecule has 0 fully saturated rings. The van der Waals surface area contributed by atoms with Gasteiger partial charge in [-0.1, -0.05) is 11.3 Å². The van der Waals surface area contributed by atoms with E-state index in [9.17, 15) is 0 Å². The Morgan fingerprint density at radius 3 is 2.36 bits per heavy atom. The van der Waals surface area contributed by atoms with E-state index < -0.39 is 0 Å². The fourth-order valence-corrected chi connectivity index (χ4v) is 2.43. The van der Waals surface area contributed by atoms with E-state index in [1.807, 2.05) is 13.8 Å². The van der Waals surface area contributed by atoms with E-state index in [1.165, 1.54) is 11.3 Å². The van der Waals surface area contributed by atoms with E-state index in [2.05, 4.69) is 47.2 Å². The van der Waals surface area contributed by atoms with Crippen molar-refractivity contribution in [1.82, 2.24) is 20.0 Å². The summed E-state index contributed by atoms with van der Waals surface area (Å²) in [4.78, 5) is 0. The molecule has 0 aliphatic carbocycles. The lowest BCUT2D eigenvalue weighted by molar-refractivity contribution is 0.807. The predicted octanol–water partition coefficient (Wildman–Crippen LogP) is 2.87. The fraction of sp³-hybridized carbons (Fsp3) is 0.286. The number of hydrogen-bond donors (Lipinski definition) is 0. The zero-order valence-corrected chi connectivity index (χ0v) is 11.4. The topological polar surface area (TPSA) is 43.6 Å². The summed E-state index contributed by atoms with van der Waals surface area (Å²) in [6.45, 7) is 3.93. The minimum Gasteiger partial charge on any atom is -0.208 e. The quantitative estimate of drug-likeness (QED) is 0.803. The lowest BCUT2D eigenvalue weighted by atomic mass is 10.4. The number of rotatable bonds is 1. The van der Waals surface area contributed by atoms with Crippen molar-refractivity contribution >= 4 is 43.2 Å². The van der Waals surface area contributed by atoms with Gasteiger partial charge in [0.15, 0.2) is 3.92 Å². The summed E-state index contributed by atoms with van der Waals surface area (Å²) < 4.78 is 3.56. The van der Waals surface area contributed by atoms with Gasteiger partial charge >= 0.3 is 0 Å². The van der Waals surface area contributed by atoms with Crippen LogP contribution in [-0.2, 0) is 0 Å². The highest BCUT2D eigenvalue weighted by Gasteiger charge is 2.13. The molecule has 7 heteroatoms. The Balaban J connectivity index is 2.57. The largest absolute Gasteiger partial charge is 0.233 e. The Labute approximate surface area is 102 Å². The second-order valence-electron chi connectivity index (χ2n) is 2.73. The lowest BCUT2D eigenvalue weighted by Gasteiger charge is -1.95. The second kappa shape index (κ2) is 3.71. The molecule has 0 unspecified atom stereocenters. The van der Waals surface area contributed by atoms with Crippen molar-refractivity contribution in [3.63, 3.8) is 0 Å². The summed E-state index contributed by atoms with van der Waals surface area (Å²) in [5.74, 6) is 0. The van der Waals surface area contributed by atoms with Crippen molar-refractivity contribution in [1.29, 1.82) is 0 Å². The average Bonchev–Trinajstić information content (AvgIpc) is 2.66. The molecule has 0 amide bonds. The molecule has 14 heavy (non-hydrogen) atoms. The zero-order chi connectivity index (χ0) is 10.3. The highest BCUT2D eigenvalue weighted by atomic mass is 79.9. The maximum atomic E-state index is 4.35. The summed E-state index contributed by atoms with van der Waals surface area (Å²) in [6, 6.07) is 0. The van der Waals surface area contributed by atoms with E-state index >= 15 is 0 Å². The van der Waals surface area contributed by atoms with Gasteiger partial charge in [-0.25, -0.2) is 4.68 Å². The molecule has 0 saturated heterocycles. The van der Waals surface area contributed by atoms with Crippen LogP contribution >= 0.6 is 43.2 Å². The Bertz CT molecular complexity index is 476. The zero-order valence-electron chi connectivity index (χ0n) is 7.45. The van der Waals surface area contributed by atoms with Crippen LogP contribution in [-0.4, -0.2) is 20.0 Å². The predicted molar refractivity (Wildman–Crippen MR) is 61.9 cm³/mol. The summed E-state index contributed by atoms with van der Waals surface area (Å²) in [6.07, 6.45) is 0. The van der Waals surface area contributed by atoms with Crippen LogP contribution in [0.4, 0.5) is 0 Å². The minimum atomic E-state index is 0.760. The van der Waals surface area contributed by atoms with Crippen LogP contribution in [0.5, 0.6) is 0 Å². The van der Waals surface area contributed by atoms with E-state index in [1.54, 1.807) is 4.68 Å². The summed E-state index contributed by atoms with van der Waals surface area (Å²) in [5.41, 5.74) is 1.99. The SMILES string of the molecule is Cc1nn(-c2nnc(Br)s2)c(C)c1Br. The molecule has 0 radical (unpaired) electrons. The Hall–Kier alpha value is -0.270. The van der Waals surface area contributed by atoms with E-state index in [0.29, 0.717) is 0 Å².